The van der Waals surface area contributed by atoms with Crippen molar-refractivity contribution in [3.8, 4) is 39.1 Å². The lowest BCUT2D eigenvalue weighted by Crippen LogP contribution is -2.33. The first-order valence-corrected chi connectivity index (χ1v) is 27.3. The summed E-state index contributed by atoms with van der Waals surface area (Å²) in [4.78, 5) is 2.57. The van der Waals surface area contributed by atoms with Gasteiger partial charge in [0.15, 0.2) is 0 Å². The fourth-order valence-electron chi connectivity index (χ4n) is 14.9. The number of aromatic nitrogens is 1. The lowest BCUT2D eigenvalue weighted by Gasteiger charge is -2.39. The van der Waals surface area contributed by atoms with Crippen molar-refractivity contribution in [1.82, 2.24) is 4.57 Å². The van der Waals surface area contributed by atoms with E-state index in [2.05, 4.69) is 301 Å². The van der Waals surface area contributed by atoms with Crippen molar-refractivity contribution in [2.75, 3.05) is 4.90 Å². The van der Waals surface area contributed by atoms with Crippen molar-refractivity contribution in [3.05, 3.63) is 336 Å². The van der Waals surface area contributed by atoms with Gasteiger partial charge in [-0.15, -0.1) is 0 Å². The predicted octanol–water partition coefficient (Wildman–Crippen LogP) is 19.3. The van der Waals surface area contributed by atoms with Crippen molar-refractivity contribution in [2.45, 2.75) is 10.8 Å². The zero-order valence-electron chi connectivity index (χ0n) is 42.6. The second-order valence-electron chi connectivity index (χ2n) is 21.4. The van der Waals surface area contributed by atoms with Crippen LogP contribution in [0.15, 0.2) is 291 Å². The third-order valence-corrected chi connectivity index (χ3v) is 17.8. The van der Waals surface area contributed by atoms with E-state index in [0.717, 1.165) is 17.1 Å². The highest BCUT2D eigenvalue weighted by atomic mass is 15.1. The SMILES string of the molecule is c1ccc(C2(c3ccccc3)c3cc(N(c4ccc(-c5cccc6ccccc56)cc4)c4cccc5c4-c4ccccc4C54c5ccccc5-n5c6ccccc6c6cccc4c65)ccc3-c3c2ccc2ccccc32)cc1. The minimum Gasteiger partial charge on any atom is -0.310 e. The van der Waals surface area contributed by atoms with Gasteiger partial charge in [-0.2, -0.15) is 0 Å². The summed E-state index contributed by atoms with van der Waals surface area (Å²) in [5.74, 6) is 0. The smallest absolute Gasteiger partial charge is 0.0755 e. The number of nitrogens with zero attached hydrogens (tertiary/aromatic N) is 2. The summed E-state index contributed by atoms with van der Waals surface area (Å²) < 4.78 is 2.53. The Morgan fingerprint density at radius 1 is 0.295 bits per heavy atom. The molecule has 1 atom stereocenters. The van der Waals surface area contributed by atoms with Crippen LogP contribution in [0, 0.1) is 0 Å². The Bertz CT molecular complexity index is 4750. The lowest BCUT2D eigenvalue weighted by atomic mass is 9.65. The third-order valence-electron chi connectivity index (χ3n) is 17.8. The summed E-state index contributed by atoms with van der Waals surface area (Å²) >= 11 is 0. The van der Waals surface area contributed by atoms with Gasteiger partial charge in [-0.1, -0.05) is 249 Å². The van der Waals surface area contributed by atoms with Gasteiger partial charge in [0, 0.05) is 27.7 Å². The number of anilines is 3. The molecule has 362 valence electrons. The van der Waals surface area contributed by atoms with E-state index in [9.17, 15) is 0 Å². The highest BCUT2D eigenvalue weighted by molar-refractivity contribution is 6.13. The van der Waals surface area contributed by atoms with Crippen LogP contribution in [0.4, 0.5) is 17.1 Å². The molecule has 3 aliphatic rings. The predicted molar refractivity (Wildman–Crippen MR) is 324 cm³/mol. The maximum absolute atomic E-state index is 2.57. The van der Waals surface area contributed by atoms with Gasteiger partial charge >= 0.3 is 0 Å². The number of benzene rings is 13. The molecule has 78 heavy (non-hydrogen) atoms. The van der Waals surface area contributed by atoms with Crippen LogP contribution < -0.4 is 4.90 Å². The Balaban J connectivity index is 0.969. The lowest BCUT2D eigenvalue weighted by molar-refractivity contribution is 0.748. The van der Waals surface area contributed by atoms with Crippen molar-refractivity contribution in [2.24, 2.45) is 0 Å². The fourth-order valence-corrected chi connectivity index (χ4v) is 14.9. The van der Waals surface area contributed by atoms with Gasteiger partial charge in [0.25, 0.3) is 0 Å². The molecule has 13 aromatic carbocycles. The molecule has 14 aromatic rings. The number of para-hydroxylation sites is 3. The van der Waals surface area contributed by atoms with E-state index in [0.29, 0.717) is 0 Å². The molecule has 2 heterocycles. The first kappa shape index (κ1) is 43.2. The van der Waals surface area contributed by atoms with Crippen LogP contribution in [-0.2, 0) is 10.8 Å². The molecule has 2 heteroatoms. The van der Waals surface area contributed by atoms with Gasteiger partial charge in [-0.3, -0.25) is 0 Å². The molecule has 0 radical (unpaired) electrons. The summed E-state index contributed by atoms with van der Waals surface area (Å²) in [6.45, 7) is 0. The molecule has 0 bridgehead atoms. The first-order chi connectivity index (χ1) is 38.7. The Morgan fingerprint density at radius 2 is 0.846 bits per heavy atom. The van der Waals surface area contributed by atoms with Crippen molar-refractivity contribution in [1.29, 1.82) is 0 Å². The topological polar surface area (TPSA) is 8.17 Å². The summed E-state index contributed by atoms with van der Waals surface area (Å²) in [5, 5.41) is 7.54. The van der Waals surface area contributed by atoms with Crippen molar-refractivity contribution < 1.29 is 0 Å². The molecule has 1 aromatic heterocycles. The van der Waals surface area contributed by atoms with Crippen LogP contribution in [0.25, 0.3) is 82.4 Å². The fraction of sp³-hybridized carbons (Fsp3) is 0.0263. The van der Waals surface area contributed by atoms with Crippen molar-refractivity contribution >= 4 is 60.4 Å². The highest BCUT2D eigenvalue weighted by Gasteiger charge is 2.52. The molecule has 1 aliphatic heterocycles. The van der Waals surface area contributed by atoms with Crippen LogP contribution in [-0.4, -0.2) is 4.57 Å². The van der Waals surface area contributed by atoms with Crippen LogP contribution in [0.5, 0.6) is 0 Å². The average Bonchev–Trinajstić information content (AvgIpc) is 4.24. The second kappa shape index (κ2) is 16.2. The van der Waals surface area contributed by atoms with E-state index >= 15 is 0 Å². The van der Waals surface area contributed by atoms with Gasteiger partial charge in [0.2, 0.25) is 0 Å². The average molecular weight is 989 g/mol. The van der Waals surface area contributed by atoms with Crippen LogP contribution in [0.3, 0.4) is 0 Å². The molecule has 0 saturated carbocycles. The highest BCUT2D eigenvalue weighted by Crippen LogP contribution is 2.64. The molecule has 0 N–H and O–H groups in total. The molecule has 0 saturated heterocycles. The van der Waals surface area contributed by atoms with Gasteiger partial charge in [0.05, 0.1) is 33.2 Å². The Morgan fingerprint density at radius 3 is 1.65 bits per heavy atom. The van der Waals surface area contributed by atoms with E-state index in [1.165, 1.54) is 127 Å². The van der Waals surface area contributed by atoms with Crippen LogP contribution >= 0.6 is 0 Å². The van der Waals surface area contributed by atoms with E-state index in [-0.39, 0.29) is 0 Å². The zero-order valence-corrected chi connectivity index (χ0v) is 42.6. The molecular formula is C76H48N2. The minimum absolute atomic E-state index is 0.608. The Kier molecular flexibility index (Phi) is 9.01. The number of rotatable bonds is 6. The molecule has 0 amide bonds. The summed E-state index contributed by atoms with van der Waals surface area (Å²) in [6.07, 6.45) is 0. The first-order valence-electron chi connectivity index (χ1n) is 27.3. The van der Waals surface area contributed by atoms with Gasteiger partial charge in [-0.05, 0) is 136 Å². The van der Waals surface area contributed by atoms with Crippen LogP contribution in [0.2, 0.25) is 0 Å². The van der Waals surface area contributed by atoms with Gasteiger partial charge in [-0.25, -0.2) is 0 Å². The van der Waals surface area contributed by atoms with E-state index < -0.39 is 10.8 Å². The maximum Gasteiger partial charge on any atom is 0.0755 e. The number of fused-ring (bicyclic) bond motifs is 18. The molecule has 1 spiro atoms. The normalized spacial score (nSPS) is 15.1. The summed E-state index contributed by atoms with van der Waals surface area (Å²) in [6, 6.07) is 110. The molecule has 17 rings (SSSR count). The van der Waals surface area contributed by atoms with Gasteiger partial charge < -0.3 is 9.47 Å². The Hall–Kier alpha value is -10.0. The quantitative estimate of drug-likeness (QED) is 0.161. The second-order valence-corrected chi connectivity index (χ2v) is 21.4. The minimum atomic E-state index is -0.616. The Labute approximate surface area is 453 Å². The largest absolute Gasteiger partial charge is 0.310 e. The monoisotopic (exact) mass is 988 g/mol. The summed E-state index contributed by atoms with van der Waals surface area (Å²) in [7, 11) is 0. The van der Waals surface area contributed by atoms with E-state index in [1.54, 1.807) is 0 Å². The molecule has 2 aliphatic carbocycles. The molecule has 1 unspecified atom stereocenters. The molecular weight excluding hydrogens is 941 g/mol. The van der Waals surface area contributed by atoms with E-state index in [4.69, 9.17) is 0 Å². The number of hydrogen-bond acceptors (Lipinski definition) is 1. The van der Waals surface area contributed by atoms with E-state index in [1.807, 2.05) is 0 Å². The standard InChI is InChI=1S/C76H48N2/c1-3-23-52(24-4-1)75(53-25-5-2-6-26-53)66-47-42-50-21-8-10-28-58(50)72(66)62-46-45-55(48-68(62)75)77(54-43-40-51(41-44-54)57-31-17-22-49-20-7-9-27-56(49)57)71-39-19-35-65-73(71)61-30-11-13-33-63(61)76(65)64-34-14-16-38-70(64)78-69-37-15-12-29-59(69)60-32-18-36-67(76)74(60)78/h1-48H. The maximum atomic E-state index is 2.57. The third kappa shape index (κ3) is 5.60. The zero-order chi connectivity index (χ0) is 51.1. The molecule has 2 nitrogen and oxygen atoms in total. The number of hydrogen-bond donors (Lipinski definition) is 0. The van der Waals surface area contributed by atoms with Gasteiger partial charge in [0.1, 0.15) is 0 Å². The summed E-state index contributed by atoms with van der Waals surface area (Å²) in [5.41, 5.74) is 23.5. The van der Waals surface area contributed by atoms with Crippen LogP contribution in [0.1, 0.15) is 44.5 Å². The molecule has 0 fully saturated rings. The van der Waals surface area contributed by atoms with Crippen molar-refractivity contribution in [3.63, 3.8) is 0 Å².